The molecule has 0 saturated carbocycles. The number of allylic oxidation sites excluding steroid dienone is 6. The molecule has 0 saturated heterocycles. The number of aliphatic hydroxyl groups is 2. The number of nitrogens with one attached hydrogen (secondary N) is 1. The quantitative estimate of drug-likeness (QED) is 0.0324. The molecular weight excluding hydrogens is 707 g/mol. The van der Waals surface area contributed by atoms with Gasteiger partial charge in [-0.25, -0.2) is 0 Å². The van der Waals surface area contributed by atoms with E-state index in [1.54, 1.807) is 0 Å². The van der Waals surface area contributed by atoms with Crippen molar-refractivity contribution in [3.8, 4) is 0 Å². The highest BCUT2D eigenvalue weighted by Crippen LogP contribution is 2.17. The molecule has 6 heteroatoms. The maximum Gasteiger partial charge on any atom is 0.306 e. The number of carbonyl (C=O) groups excluding carboxylic acids is 2. The number of carbonyl (C=O) groups is 2. The van der Waals surface area contributed by atoms with Crippen molar-refractivity contribution >= 4 is 11.9 Å². The van der Waals surface area contributed by atoms with Gasteiger partial charge in [0.1, 0.15) is 6.10 Å². The Balaban J connectivity index is 4.64. The summed E-state index contributed by atoms with van der Waals surface area (Å²) in [5, 5.41) is 23.6. The van der Waals surface area contributed by atoms with Gasteiger partial charge in [0.05, 0.1) is 25.2 Å². The van der Waals surface area contributed by atoms with Gasteiger partial charge in [0, 0.05) is 6.42 Å². The minimum atomic E-state index is -0.793. The largest absolute Gasteiger partial charge is 0.462 e. The first-order valence-corrected chi connectivity index (χ1v) is 24.7. The average molecular weight is 802 g/mol. The Morgan fingerprint density at radius 2 is 0.895 bits per heavy atom. The molecule has 0 aromatic heterocycles. The zero-order chi connectivity index (χ0) is 41.7. The van der Waals surface area contributed by atoms with Gasteiger partial charge in [0.15, 0.2) is 0 Å². The number of hydrogen-bond acceptors (Lipinski definition) is 5. The van der Waals surface area contributed by atoms with E-state index in [4.69, 9.17) is 4.74 Å². The summed E-state index contributed by atoms with van der Waals surface area (Å²) in [5.74, 6) is -0.504. The number of ether oxygens (including phenoxy) is 1. The molecule has 0 rings (SSSR count). The summed E-state index contributed by atoms with van der Waals surface area (Å²) in [6, 6.07) is -0.709. The van der Waals surface area contributed by atoms with Crippen molar-refractivity contribution in [3.63, 3.8) is 0 Å². The number of amides is 1. The molecule has 6 nitrogen and oxygen atoms in total. The third kappa shape index (κ3) is 40.6. The zero-order valence-corrected chi connectivity index (χ0v) is 38.0. The molecule has 0 aromatic carbocycles. The smallest absolute Gasteiger partial charge is 0.306 e. The van der Waals surface area contributed by atoms with Gasteiger partial charge in [-0.15, -0.1) is 0 Å². The number of rotatable bonds is 44. The van der Waals surface area contributed by atoms with E-state index in [9.17, 15) is 19.8 Å². The average Bonchev–Trinajstić information content (AvgIpc) is 3.20. The summed E-state index contributed by atoms with van der Waals surface area (Å²) >= 11 is 0. The lowest BCUT2D eigenvalue weighted by Gasteiger charge is -2.24. The maximum atomic E-state index is 13.1. The van der Waals surface area contributed by atoms with Crippen molar-refractivity contribution in [1.82, 2.24) is 5.32 Å². The van der Waals surface area contributed by atoms with Crippen LogP contribution in [0, 0.1) is 0 Å². The van der Waals surface area contributed by atoms with Crippen molar-refractivity contribution in [3.05, 3.63) is 36.5 Å². The van der Waals surface area contributed by atoms with E-state index < -0.39 is 18.2 Å². The van der Waals surface area contributed by atoms with Gasteiger partial charge in [0.2, 0.25) is 5.91 Å². The van der Waals surface area contributed by atoms with Gasteiger partial charge in [-0.1, -0.05) is 211 Å². The van der Waals surface area contributed by atoms with Crippen LogP contribution in [0.2, 0.25) is 0 Å². The fourth-order valence-electron chi connectivity index (χ4n) is 7.44. The second-order valence-corrected chi connectivity index (χ2v) is 16.9. The van der Waals surface area contributed by atoms with E-state index >= 15 is 0 Å². The van der Waals surface area contributed by atoms with Crippen molar-refractivity contribution < 1.29 is 24.5 Å². The topological polar surface area (TPSA) is 95.9 Å². The Hall–Kier alpha value is -1.92. The standard InChI is InChI=1S/C51H95NO5/c1-4-7-10-13-16-19-21-23-25-26-28-31-33-36-39-42-47(57-51(56)44-41-38-35-32-29-27-24-22-20-17-14-11-8-5-2)45-50(55)52-48(46-53)49(54)43-40-37-34-30-18-15-12-9-6-3/h16,19,23,25,28,31,47-49,53-54H,4-15,17-18,20-22,24,26-27,29-30,32-46H2,1-3H3,(H,52,55)/b19-16-,25-23-,31-28-. The molecule has 0 spiro atoms. The lowest BCUT2D eigenvalue weighted by atomic mass is 10.0. The first-order valence-electron chi connectivity index (χ1n) is 24.7. The molecule has 0 aliphatic heterocycles. The summed E-state index contributed by atoms with van der Waals surface area (Å²) in [7, 11) is 0. The lowest BCUT2D eigenvalue weighted by molar-refractivity contribution is -0.151. The number of esters is 1. The van der Waals surface area contributed by atoms with Crippen LogP contribution in [0.5, 0.6) is 0 Å². The van der Waals surface area contributed by atoms with Gasteiger partial charge in [-0.2, -0.15) is 0 Å². The van der Waals surface area contributed by atoms with Gasteiger partial charge in [-0.05, 0) is 64.2 Å². The SMILES string of the molecule is CCCCC/C=C\C/C=C\C/C=C\CCCCC(CC(=O)NC(CO)C(O)CCCCCCCCCCC)OC(=O)CCCCCCCCCCCCCCCC. The molecular formula is C51H95NO5. The Morgan fingerprint density at radius 3 is 1.37 bits per heavy atom. The highest BCUT2D eigenvalue weighted by molar-refractivity contribution is 5.77. The van der Waals surface area contributed by atoms with Crippen LogP contribution in [0.1, 0.15) is 252 Å². The fraction of sp³-hybridized carbons (Fsp3) is 0.843. The number of aliphatic hydroxyl groups excluding tert-OH is 2. The third-order valence-corrected chi connectivity index (χ3v) is 11.2. The van der Waals surface area contributed by atoms with Gasteiger partial charge in [0.25, 0.3) is 0 Å². The van der Waals surface area contributed by atoms with E-state index in [0.29, 0.717) is 19.3 Å². The molecule has 1 amide bonds. The number of hydrogen-bond donors (Lipinski definition) is 3. The van der Waals surface area contributed by atoms with Gasteiger partial charge < -0.3 is 20.3 Å². The van der Waals surface area contributed by atoms with Gasteiger partial charge in [-0.3, -0.25) is 9.59 Å². The van der Waals surface area contributed by atoms with E-state index in [0.717, 1.165) is 70.6 Å². The van der Waals surface area contributed by atoms with E-state index in [1.165, 1.54) is 135 Å². The molecule has 0 aliphatic carbocycles. The van der Waals surface area contributed by atoms with Crippen LogP contribution in [-0.4, -0.2) is 46.9 Å². The van der Waals surface area contributed by atoms with Crippen LogP contribution in [0.4, 0.5) is 0 Å². The molecule has 0 fully saturated rings. The molecule has 3 N–H and O–H groups in total. The Kier molecular flexibility index (Phi) is 43.6. The molecule has 57 heavy (non-hydrogen) atoms. The molecule has 0 radical (unpaired) electrons. The highest BCUT2D eigenvalue weighted by atomic mass is 16.5. The molecule has 0 heterocycles. The van der Waals surface area contributed by atoms with E-state index in [-0.39, 0.29) is 24.9 Å². The molecule has 0 bridgehead atoms. The second-order valence-electron chi connectivity index (χ2n) is 16.9. The van der Waals surface area contributed by atoms with Crippen LogP contribution in [-0.2, 0) is 14.3 Å². The Morgan fingerprint density at radius 1 is 0.509 bits per heavy atom. The van der Waals surface area contributed by atoms with Crippen molar-refractivity contribution in [2.45, 2.75) is 270 Å². The summed E-state index contributed by atoms with van der Waals surface area (Å²) in [4.78, 5) is 26.0. The van der Waals surface area contributed by atoms with Crippen LogP contribution >= 0.6 is 0 Å². The molecule has 3 unspecified atom stereocenters. The fourth-order valence-corrected chi connectivity index (χ4v) is 7.44. The normalized spacial score (nSPS) is 13.6. The summed E-state index contributed by atoms with van der Waals surface area (Å²) in [5.41, 5.74) is 0. The predicted molar refractivity (Wildman–Crippen MR) is 246 cm³/mol. The Bertz CT molecular complexity index is 946. The number of unbranched alkanes of at least 4 members (excludes halogenated alkanes) is 26. The van der Waals surface area contributed by atoms with E-state index in [1.807, 2.05) is 0 Å². The summed E-state index contributed by atoms with van der Waals surface area (Å²) < 4.78 is 5.91. The van der Waals surface area contributed by atoms with E-state index in [2.05, 4.69) is 62.5 Å². The van der Waals surface area contributed by atoms with Crippen LogP contribution in [0.25, 0.3) is 0 Å². The van der Waals surface area contributed by atoms with Crippen molar-refractivity contribution in [2.24, 2.45) is 0 Å². The van der Waals surface area contributed by atoms with Crippen LogP contribution in [0.15, 0.2) is 36.5 Å². The first-order chi connectivity index (χ1) is 28.0. The highest BCUT2D eigenvalue weighted by Gasteiger charge is 2.24. The van der Waals surface area contributed by atoms with Crippen molar-refractivity contribution in [1.29, 1.82) is 0 Å². The third-order valence-electron chi connectivity index (χ3n) is 11.2. The second kappa shape index (κ2) is 45.2. The van der Waals surface area contributed by atoms with Crippen LogP contribution < -0.4 is 5.32 Å². The molecule has 0 aromatic rings. The molecule has 3 atom stereocenters. The maximum absolute atomic E-state index is 13.1. The Labute approximate surface area is 353 Å². The molecule has 334 valence electrons. The monoisotopic (exact) mass is 802 g/mol. The zero-order valence-electron chi connectivity index (χ0n) is 38.0. The van der Waals surface area contributed by atoms with Crippen LogP contribution in [0.3, 0.4) is 0 Å². The summed E-state index contributed by atoms with van der Waals surface area (Å²) in [6.45, 7) is 6.43. The lowest BCUT2D eigenvalue weighted by Crippen LogP contribution is -2.46. The minimum absolute atomic E-state index is 0.0550. The predicted octanol–water partition coefficient (Wildman–Crippen LogP) is 14.5. The summed E-state index contributed by atoms with van der Waals surface area (Å²) in [6.07, 6.45) is 52.0. The minimum Gasteiger partial charge on any atom is -0.462 e. The van der Waals surface area contributed by atoms with Crippen molar-refractivity contribution in [2.75, 3.05) is 6.61 Å². The van der Waals surface area contributed by atoms with Gasteiger partial charge >= 0.3 is 5.97 Å². The molecule has 0 aliphatic rings. The first kappa shape index (κ1) is 55.1.